The number of amides is 2. The number of nitrogens with zero attached hydrogens (tertiary/aromatic N) is 2. The highest BCUT2D eigenvalue weighted by molar-refractivity contribution is 7.92. The molecule has 206 valence electrons. The summed E-state index contributed by atoms with van der Waals surface area (Å²) in [5.41, 5.74) is 5.77. The molecule has 1 aromatic heterocycles. The van der Waals surface area contributed by atoms with E-state index in [1.54, 1.807) is 30.3 Å². The Hall–Kier alpha value is -3.10. The average molecular weight is 612 g/mol. The van der Waals surface area contributed by atoms with Crippen LogP contribution < -0.4 is 10.6 Å². The van der Waals surface area contributed by atoms with E-state index >= 15 is 4.39 Å². The Morgan fingerprint density at radius 2 is 1.90 bits per heavy atom. The molecule has 1 aliphatic rings. The zero-order valence-electron chi connectivity index (χ0n) is 20.5. The van der Waals surface area contributed by atoms with Gasteiger partial charge in [0.25, 0.3) is 0 Å². The van der Waals surface area contributed by atoms with Gasteiger partial charge in [-0.2, -0.15) is 4.31 Å². The number of nitrogens with two attached hydrogens (primary N) is 1. The maximum atomic E-state index is 15.3. The minimum Gasteiger partial charge on any atom is -0.369 e. The Balaban J connectivity index is 1.63. The summed E-state index contributed by atoms with van der Waals surface area (Å²) >= 11 is 7.02. The van der Waals surface area contributed by atoms with Gasteiger partial charge in [0.2, 0.25) is 21.8 Å². The number of anilines is 1. The van der Waals surface area contributed by atoms with Gasteiger partial charge in [-0.05, 0) is 48.4 Å². The highest BCUT2D eigenvalue weighted by Gasteiger charge is 2.42. The molecule has 0 aliphatic carbocycles. The molecule has 3 aromatic rings. The van der Waals surface area contributed by atoms with E-state index in [1.165, 1.54) is 24.3 Å². The van der Waals surface area contributed by atoms with Crippen molar-refractivity contribution in [2.75, 3.05) is 24.2 Å². The largest absolute Gasteiger partial charge is 0.369 e. The molecule has 9 nitrogen and oxygen atoms in total. The van der Waals surface area contributed by atoms with Crippen LogP contribution in [0.15, 0.2) is 64.9 Å². The number of carbonyl (C=O) groups is 2. The van der Waals surface area contributed by atoms with Crippen LogP contribution in [0.3, 0.4) is 0 Å². The van der Waals surface area contributed by atoms with E-state index in [4.69, 9.17) is 17.3 Å². The molecule has 0 spiro atoms. The van der Waals surface area contributed by atoms with Crippen molar-refractivity contribution in [1.82, 2.24) is 4.31 Å². The smallest absolute Gasteiger partial charge is 0.245 e. The van der Waals surface area contributed by atoms with Gasteiger partial charge >= 0.3 is 0 Å². The highest BCUT2D eigenvalue weighted by atomic mass is 35.5. The Morgan fingerprint density at radius 3 is 2.51 bits per heavy atom. The number of hydrogen-bond donors (Lipinski definition) is 1. The van der Waals surface area contributed by atoms with Crippen molar-refractivity contribution in [3.8, 4) is 11.1 Å². The van der Waals surface area contributed by atoms with Crippen molar-refractivity contribution < 1.29 is 30.8 Å². The lowest BCUT2D eigenvalue weighted by molar-refractivity contribution is -0.122. The number of halogens is 2. The van der Waals surface area contributed by atoms with Gasteiger partial charge < -0.3 is 10.6 Å². The molecule has 1 aliphatic heterocycles. The molecule has 1 fully saturated rings. The molecule has 14 heteroatoms. The molecule has 2 amide bonds. The minimum atomic E-state index is -4.28. The van der Waals surface area contributed by atoms with E-state index in [0.717, 1.165) is 34.0 Å². The van der Waals surface area contributed by atoms with E-state index < -0.39 is 50.1 Å². The molecule has 2 heterocycles. The second-order valence-corrected chi connectivity index (χ2v) is 14.2. The van der Waals surface area contributed by atoms with E-state index in [9.17, 15) is 26.4 Å². The molecular weight excluding hydrogens is 589 g/mol. The van der Waals surface area contributed by atoms with Crippen LogP contribution in [-0.2, 0) is 29.4 Å². The average Bonchev–Trinajstić information content (AvgIpc) is 3.45. The van der Waals surface area contributed by atoms with Crippen molar-refractivity contribution in [2.24, 2.45) is 5.73 Å². The Morgan fingerprint density at radius 1 is 1.18 bits per heavy atom. The maximum Gasteiger partial charge on any atom is 0.245 e. The maximum absolute atomic E-state index is 15.3. The molecular formula is C25H23ClFN3O6S3. The molecule has 0 unspecified atom stereocenters. The van der Waals surface area contributed by atoms with Crippen LogP contribution in [0.25, 0.3) is 17.2 Å². The number of carbonyl (C=O) groups excluding carboxylic acids is 2. The number of hydrogen-bond acceptors (Lipinski definition) is 7. The van der Waals surface area contributed by atoms with Gasteiger partial charge in [0.15, 0.2) is 9.84 Å². The number of sulfonamides is 1. The van der Waals surface area contributed by atoms with E-state index in [1.807, 2.05) is 0 Å². The fraction of sp³-hybridized carbons (Fsp3) is 0.200. The van der Waals surface area contributed by atoms with Gasteiger partial charge in [-0.3, -0.25) is 9.59 Å². The molecule has 39 heavy (non-hydrogen) atoms. The van der Waals surface area contributed by atoms with Crippen LogP contribution in [0.2, 0.25) is 4.34 Å². The molecule has 0 bridgehead atoms. The lowest BCUT2D eigenvalue weighted by atomic mass is 10.0. The summed E-state index contributed by atoms with van der Waals surface area (Å²) in [5.74, 6) is -2.49. The quantitative estimate of drug-likeness (QED) is 0.393. The van der Waals surface area contributed by atoms with Crippen molar-refractivity contribution in [3.05, 3.63) is 75.0 Å². The van der Waals surface area contributed by atoms with Gasteiger partial charge in [0, 0.05) is 28.6 Å². The van der Waals surface area contributed by atoms with E-state index in [2.05, 4.69) is 0 Å². The fourth-order valence-electron chi connectivity index (χ4n) is 4.27. The summed E-state index contributed by atoms with van der Waals surface area (Å²) in [5, 5.41) is 0.864. The zero-order valence-corrected chi connectivity index (χ0v) is 23.7. The van der Waals surface area contributed by atoms with Gasteiger partial charge in [0.1, 0.15) is 11.9 Å². The van der Waals surface area contributed by atoms with Gasteiger partial charge in [-0.25, -0.2) is 21.2 Å². The highest BCUT2D eigenvalue weighted by Crippen LogP contribution is 2.33. The Kier molecular flexibility index (Phi) is 8.28. The van der Waals surface area contributed by atoms with Gasteiger partial charge in [-0.15, -0.1) is 11.3 Å². The third kappa shape index (κ3) is 6.39. The fourth-order valence-corrected chi connectivity index (χ4v) is 7.57. The molecule has 0 radical (unpaired) electrons. The molecule has 0 saturated carbocycles. The van der Waals surface area contributed by atoms with Crippen molar-refractivity contribution in [3.63, 3.8) is 0 Å². The summed E-state index contributed by atoms with van der Waals surface area (Å²) in [6, 6.07) is 12.0. The van der Waals surface area contributed by atoms with Crippen LogP contribution in [0.5, 0.6) is 0 Å². The monoisotopic (exact) mass is 611 g/mol. The minimum absolute atomic E-state index is 0.0118. The lowest BCUT2D eigenvalue weighted by Crippen LogP contribution is -2.48. The second-order valence-electron chi connectivity index (χ2n) is 8.73. The van der Waals surface area contributed by atoms with E-state index in [0.29, 0.717) is 19.1 Å². The number of benzene rings is 2. The first-order valence-corrected chi connectivity index (χ1v) is 16.0. The predicted molar refractivity (Wildman–Crippen MR) is 149 cm³/mol. The summed E-state index contributed by atoms with van der Waals surface area (Å²) in [6.45, 7) is -0.763. The van der Waals surface area contributed by atoms with Crippen LogP contribution >= 0.6 is 22.9 Å². The topological polar surface area (TPSA) is 135 Å². The molecule has 2 N–H and O–H groups in total. The zero-order chi connectivity index (χ0) is 28.5. The summed E-state index contributed by atoms with van der Waals surface area (Å²) < 4.78 is 67.0. The van der Waals surface area contributed by atoms with E-state index in [-0.39, 0.29) is 29.1 Å². The summed E-state index contributed by atoms with van der Waals surface area (Å²) in [7, 11) is -7.87. The second kappa shape index (κ2) is 11.2. The third-order valence-electron chi connectivity index (χ3n) is 6.00. The van der Waals surface area contributed by atoms with Crippen molar-refractivity contribution in [1.29, 1.82) is 0 Å². The number of rotatable bonds is 9. The third-order valence-corrected chi connectivity index (χ3v) is 9.87. The first-order valence-electron chi connectivity index (χ1n) is 11.4. The van der Waals surface area contributed by atoms with Crippen LogP contribution in [0.4, 0.5) is 10.1 Å². The van der Waals surface area contributed by atoms with Crippen LogP contribution in [-0.4, -0.2) is 58.3 Å². The number of thiophene rings is 1. The Bertz CT molecular complexity index is 1690. The van der Waals surface area contributed by atoms with Crippen LogP contribution in [0.1, 0.15) is 11.3 Å². The SMILES string of the molecule is CS(=O)(=O)c1ccccc1-c1ccc(N2CC[C@H](N(CC(N)=O)S(=O)(=O)C=Cc3ccc(Cl)s3)C2=O)c(F)c1. The molecule has 4 rings (SSSR count). The predicted octanol–water partition coefficient (Wildman–Crippen LogP) is 3.50. The van der Waals surface area contributed by atoms with Crippen molar-refractivity contribution in [2.45, 2.75) is 17.4 Å². The van der Waals surface area contributed by atoms with Gasteiger partial charge in [-0.1, -0.05) is 35.9 Å². The number of primary amides is 1. The first kappa shape index (κ1) is 28.9. The summed E-state index contributed by atoms with van der Waals surface area (Å²) in [4.78, 5) is 26.7. The first-order chi connectivity index (χ1) is 18.3. The molecule has 1 saturated heterocycles. The number of sulfone groups is 1. The van der Waals surface area contributed by atoms with Crippen LogP contribution in [0, 0.1) is 5.82 Å². The molecule has 1 atom stereocenters. The van der Waals surface area contributed by atoms with Crippen molar-refractivity contribution >= 4 is 66.4 Å². The normalized spacial score (nSPS) is 16.5. The standard InChI is InChI=1S/C25H23ClFN3O6S3/c1-38(33,34)22-5-3-2-4-18(22)16-6-8-20(19(27)14-16)29-12-10-21(25(29)32)30(15-24(28)31)39(35,36)13-11-17-7-9-23(26)37-17/h2-9,11,13-14,21H,10,12,15H2,1H3,(H2,28,31)/t21-/m0/s1. The lowest BCUT2D eigenvalue weighted by Gasteiger charge is -2.25. The Labute approximate surface area is 234 Å². The van der Waals surface area contributed by atoms with Gasteiger partial charge in [0.05, 0.1) is 21.5 Å². The summed E-state index contributed by atoms with van der Waals surface area (Å²) in [6.07, 6.45) is 2.34. The molecule has 2 aromatic carbocycles.